The Morgan fingerprint density at radius 2 is 1.94 bits per heavy atom. The van der Waals surface area contributed by atoms with Crippen LogP contribution in [0.5, 0.6) is 0 Å². The largest absolute Gasteiger partial charge is 0.384 e. The highest BCUT2D eigenvalue weighted by Crippen LogP contribution is 2.23. The number of benzene rings is 1. The van der Waals surface area contributed by atoms with Crippen LogP contribution in [-0.4, -0.2) is 30.6 Å². The molecular formula is C12H15N3O2S. The molecule has 0 aliphatic heterocycles. The number of aromatic amines is 1. The minimum absolute atomic E-state index is 0.167. The number of nitrogens with two attached hydrogens (primary N) is 1. The van der Waals surface area contributed by atoms with Gasteiger partial charge < -0.3 is 5.73 Å². The van der Waals surface area contributed by atoms with Gasteiger partial charge in [0.2, 0.25) is 0 Å². The third-order valence-electron chi connectivity index (χ3n) is 2.70. The molecule has 0 saturated carbocycles. The van der Waals surface area contributed by atoms with E-state index in [1.165, 1.54) is 6.26 Å². The lowest BCUT2D eigenvalue weighted by Gasteiger charge is -2.03. The highest BCUT2D eigenvalue weighted by Gasteiger charge is 2.06. The average Bonchev–Trinajstić information content (AvgIpc) is 2.73. The fourth-order valence-corrected chi connectivity index (χ4v) is 2.29. The zero-order valence-electron chi connectivity index (χ0n) is 10.1. The van der Waals surface area contributed by atoms with Crippen molar-refractivity contribution in [3.05, 3.63) is 36.0 Å². The first-order chi connectivity index (χ1) is 8.46. The van der Waals surface area contributed by atoms with E-state index < -0.39 is 9.84 Å². The summed E-state index contributed by atoms with van der Waals surface area (Å²) in [7, 11) is -2.92. The first-order valence-electron chi connectivity index (χ1n) is 5.51. The number of aryl methyl sites for hydroxylation is 1. The second-order valence-electron chi connectivity index (χ2n) is 4.27. The number of nitrogens with zero attached hydrogens (tertiary/aromatic N) is 1. The highest BCUT2D eigenvalue weighted by molar-refractivity contribution is 7.90. The number of hydrogen-bond acceptors (Lipinski definition) is 4. The van der Waals surface area contributed by atoms with Gasteiger partial charge in [-0.15, -0.1) is 0 Å². The number of nitrogen functional groups attached to an aromatic ring is 1. The van der Waals surface area contributed by atoms with Crippen molar-refractivity contribution in [1.82, 2.24) is 10.2 Å². The normalized spacial score (nSPS) is 11.6. The Morgan fingerprint density at radius 1 is 1.28 bits per heavy atom. The molecule has 6 heteroatoms. The lowest BCUT2D eigenvalue weighted by molar-refractivity contribution is 0.601. The van der Waals surface area contributed by atoms with Crippen LogP contribution in [0.15, 0.2) is 30.5 Å². The molecule has 1 heterocycles. The molecule has 1 aromatic carbocycles. The van der Waals surface area contributed by atoms with Crippen molar-refractivity contribution < 1.29 is 8.42 Å². The van der Waals surface area contributed by atoms with Gasteiger partial charge in [-0.05, 0) is 17.5 Å². The second-order valence-corrected chi connectivity index (χ2v) is 6.53. The standard InChI is InChI=1S/C12H15N3O2S/c1-18(16,17)7-6-9-2-4-10(5-3-9)11-8-14-15-12(11)13/h2-5,8H,6-7H2,1H3,(H3,13,14,15). The van der Waals surface area contributed by atoms with Crippen LogP contribution in [0.3, 0.4) is 0 Å². The number of hydrogen-bond donors (Lipinski definition) is 2. The minimum atomic E-state index is -2.92. The molecule has 0 bridgehead atoms. The third-order valence-corrected chi connectivity index (χ3v) is 3.64. The summed E-state index contributed by atoms with van der Waals surface area (Å²) in [6.07, 6.45) is 3.44. The van der Waals surface area contributed by atoms with Gasteiger partial charge in [0.15, 0.2) is 0 Å². The Bertz CT molecular complexity index is 630. The lowest BCUT2D eigenvalue weighted by Crippen LogP contribution is -2.05. The smallest absolute Gasteiger partial charge is 0.147 e. The van der Waals surface area contributed by atoms with E-state index in [1.54, 1.807) is 6.20 Å². The molecule has 0 unspecified atom stereocenters. The maximum atomic E-state index is 11.1. The van der Waals surface area contributed by atoms with Crippen LogP contribution in [-0.2, 0) is 16.3 Å². The maximum absolute atomic E-state index is 11.1. The number of nitrogens with one attached hydrogen (secondary N) is 1. The molecule has 0 aliphatic carbocycles. The summed E-state index contributed by atoms with van der Waals surface area (Å²) in [6, 6.07) is 7.65. The molecule has 0 saturated heterocycles. The predicted molar refractivity (Wildman–Crippen MR) is 71.9 cm³/mol. The van der Waals surface area contributed by atoms with E-state index >= 15 is 0 Å². The molecule has 2 rings (SSSR count). The Balaban J connectivity index is 2.13. The van der Waals surface area contributed by atoms with Gasteiger partial charge in [-0.2, -0.15) is 5.10 Å². The number of H-pyrrole nitrogens is 1. The second kappa shape index (κ2) is 4.81. The molecule has 2 aromatic rings. The summed E-state index contributed by atoms with van der Waals surface area (Å²) in [6.45, 7) is 0. The van der Waals surface area contributed by atoms with Gasteiger partial charge >= 0.3 is 0 Å². The van der Waals surface area contributed by atoms with Crippen molar-refractivity contribution in [2.45, 2.75) is 6.42 Å². The molecule has 0 spiro atoms. The van der Waals surface area contributed by atoms with E-state index in [9.17, 15) is 8.42 Å². The van der Waals surface area contributed by atoms with E-state index in [-0.39, 0.29) is 5.75 Å². The molecule has 18 heavy (non-hydrogen) atoms. The fourth-order valence-electron chi connectivity index (χ4n) is 1.68. The zero-order valence-corrected chi connectivity index (χ0v) is 10.9. The summed E-state index contributed by atoms with van der Waals surface area (Å²) < 4.78 is 22.1. The molecule has 96 valence electrons. The monoisotopic (exact) mass is 265 g/mol. The number of anilines is 1. The number of rotatable bonds is 4. The average molecular weight is 265 g/mol. The van der Waals surface area contributed by atoms with Gasteiger partial charge in [0.25, 0.3) is 0 Å². The Kier molecular flexibility index (Phi) is 3.38. The SMILES string of the molecule is CS(=O)(=O)CCc1ccc(-c2cn[nH]c2N)cc1. The summed E-state index contributed by atoms with van der Waals surface area (Å²) in [5.41, 5.74) is 8.53. The topological polar surface area (TPSA) is 88.8 Å². The predicted octanol–water partition coefficient (Wildman–Crippen LogP) is 1.25. The molecule has 0 fully saturated rings. The van der Waals surface area contributed by atoms with E-state index in [2.05, 4.69) is 10.2 Å². The van der Waals surface area contributed by atoms with Crippen molar-refractivity contribution in [2.75, 3.05) is 17.7 Å². The molecule has 0 amide bonds. The Labute approximate surface area is 106 Å². The molecule has 3 N–H and O–H groups in total. The van der Waals surface area contributed by atoms with Gasteiger partial charge in [-0.3, -0.25) is 5.10 Å². The Morgan fingerprint density at radius 3 is 2.44 bits per heavy atom. The van der Waals surface area contributed by atoms with Gasteiger partial charge in [0.1, 0.15) is 15.7 Å². The third kappa shape index (κ3) is 3.10. The summed E-state index contributed by atoms with van der Waals surface area (Å²) in [5, 5.41) is 6.54. The van der Waals surface area contributed by atoms with E-state index in [0.717, 1.165) is 16.7 Å². The molecule has 5 nitrogen and oxygen atoms in total. The van der Waals surface area contributed by atoms with Crippen LogP contribution in [0.25, 0.3) is 11.1 Å². The molecule has 0 atom stereocenters. The van der Waals surface area contributed by atoms with Crippen LogP contribution in [0.1, 0.15) is 5.56 Å². The molecule has 0 aliphatic rings. The van der Waals surface area contributed by atoms with Crippen LogP contribution in [0.2, 0.25) is 0 Å². The molecule has 1 aromatic heterocycles. The van der Waals surface area contributed by atoms with Crippen LogP contribution in [0, 0.1) is 0 Å². The van der Waals surface area contributed by atoms with Crippen LogP contribution < -0.4 is 5.73 Å². The van der Waals surface area contributed by atoms with Crippen molar-refractivity contribution in [3.63, 3.8) is 0 Å². The van der Waals surface area contributed by atoms with E-state index in [4.69, 9.17) is 5.73 Å². The van der Waals surface area contributed by atoms with E-state index in [0.29, 0.717) is 12.2 Å². The van der Waals surface area contributed by atoms with E-state index in [1.807, 2.05) is 24.3 Å². The first kappa shape index (κ1) is 12.6. The molecular weight excluding hydrogens is 250 g/mol. The van der Waals surface area contributed by atoms with Gasteiger partial charge in [-0.1, -0.05) is 24.3 Å². The lowest BCUT2D eigenvalue weighted by atomic mass is 10.1. The van der Waals surface area contributed by atoms with Gasteiger partial charge in [0, 0.05) is 11.8 Å². The van der Waals surface area contributed by atoms with Gasteiger partial charge in [0.05, 0.1) is 11.9 Å². The summed E-state index contributed by atoms with van der Waals surface area (Å²) >= 11 is 0. The zero-order chi connectivity index (χ0) is 13.2. The van der Waals surface area contributed by atoms with Crippen molar-refractivity contribution in [1.29, 1.82) is 0 Å². The highest BCUT2D eigenvalue weighted by atomic mass is 32.2. The van der Waals surface area contributed by atoms with Crippen molar-refractivity contribution in [2.24, 2.45) is 0 Å². The quantitative estimate of drug-likeness (QED) is 0.870. The fraction of sp³-hybridized carbons (Fsp3) is 0.250. The molecule has 0 radical (unpaired) electrons. The van der Waals surface area contributed by atoms with Crippen molar-refractivity contribution >= 4 is 15.7 Å². The van der Waals surface area contributed by atoms with Crippen LogP contribution in [0.4, 0.5) is 5.82 Å². The summed E-state index contributed by atoms with van der Waals surface area (Å²) in [4.78, 5) is 0. The number of sulfone groups is 1. The van der Waals surface area contributed by atoms with Crippen molar-refractivity contribution in [3.8, 4) is 11.1 Å². The van der Waals surface area contributed by atoms with Crippen LogP contribution >= 0.6 is 0 Å². The number of aromatic nitrogens is 2. The summed E-state index contributed by atoms with van der Waals surface area (Å²) in [5.74, 6) is 0.694. The van der Waals surface area contributed by atoms with Gasteiger partial charge in [-0.25, -0.2) is 8.42 Å². The Hall–Kier alpha value is -1.82. The minimum Gasteiger partial charge on any atom is -0.384 e. The first-order valence-corrected chi connectivity index (χ1v) is 7.57. The maximum Gasteiger partial charge on any atom is 0.147 e.